The highest BCUT2D eigenvalue weighted by Crippen LogP contribution is 2.44. The third kappa shape index (κ3) is 4.35. The molecule has 0 bridgehead atoms. The fourth-order valence-corrected chi connectivity index (χ4v) is 7.57. The van der Waals surface area contributed by atoms with E-state index in [2.05, 4.69) is 30.0 Å². The lowest BCUT2D eigenvalue weighted by atomic mass is 9.77. The van der Waals surface area contributed by atoms with Crippen molar-refractivity contribution in [2.24, 2.45) is 5.92 Å². The molecular formula is C23H36N2O3S. The number of sulfonamides is 1. The lowest BCUT2D eigenvalue weighted by molar-refractivity contribution is 0.0219. The van der Waals surface area contributed by atoms with Gasteiger partial charge in [-0.15, -0.1) is 0 Å². The zero-order chi connectivity index (χ0) is 20.4. The van der Waals surface area contributed by atoms with Crippen molar-refractivity contribution >= 4 is 10.0 Å². The Morgan fingerprint density at radius 2 is 2.03 bits per heavy atom. The normalized spacial score (nSPS) is 27.7. The van der Waals surface area contributed by atoms with Crippen LogP contribution in [0.3, 0.4) is 0 Å². The molecule has 2 saturated heterocycles. The van der Waals surface area contributed by atoms with Gasteiger partial charge in [0.1, 0.15) is 5.75 Å². The SMILES string of the molecule is CCCCCCS(=O)(=O)N1CCC[C@@H]2CN3CCc4cc(OC)ccc4[C@H]3C[C@@H]21. The van der Waals surface area contributed by atoms with Crippen molar-refractivity contribution < 1.29 is 13.2 Å². The Labute approximate surface area is 176 Å². The molecule has 162 valence electrons. The molecule has 5 nitrogen and oxygen atoms in total. The summed E-state index contributed by atoms with van der Waals surface area (Å²) in [6, 6.07) is 6.92. The van der Waals surface area contributed by atoms with Gasteiger partial charge in [-0.1, -0.05) is 32.3 Å². The first-order chi connectivity index (χ1) is 14.0. The average Bonchev–Trinajstić information content (AvgIpc) is 2.74. The van der Waals surface area contributed by atoms with Crippen LogP contribution in [0.1, 0.15) is 69.0 Å². The van der Waals surface area contributed by atoms with Gasteiger partial charge in [0.05, 0.1) is 12.9 Å². The molecule has 0 N–H and O–H groups in total. The number of benzene rings is 1. The Balaban J connectivity index is 1.53. The molecule has 3 aliphatic heterocycles. The minimum absolute atomic E-state index is 0.161. The number of piperidine rings is 2. The van der Waals surface area contributed by atoms with Crippen molar-refractivity contribution in [2.75, 3.05) is 32.5 Å². The van der Waals surface area contributed by atoms with E-state index >= 15 is 0 Å². The standard InChI is InChI=1S/C23H36N2O3S/c1-3-4-5-6-14-29(26,27)25-12-7-8-19-17-24-13-11-18-15-20(28-2)9-10-21(18)23(24)16-22(19)25/h9-10,15,19,22-23H,3-8,11-14,16-17H2,1-2H3/t19-,22+,23-/m1/s1. The number of nitrogens with zero attached hydrogens (tertiary/aromatic N) is 2. The second-order valence-electron chi connectivity index (χ2n) is 9.02. The molecule has 0 spiro atoms. The number of hydrogen-bond acceptors (Lipinski definition) is 4. The number of fused-ring (bicyclic) bond motifs is 4. The lowest BCUT2D eigenvalue weighted by Crippen LogP contribution is -2.57. The second-order valence-corrected chi connectivity index (χ2v) is 11.1. The predicted molar refractivity (Wildman–Crippen MR) is 117 cm³/mol. The van der Waals surface area contributed by atoms with Crippen molar-refractivity contribution in [3.05, 3.63) is 29.3 Å². The van der Waals surface area contributed by atoms with Crippen LogP contribution < -0.4 is 4.74 Å². The van der Waals surface area contributed by atoms with Crippen LogP contribution in [-0.4, -0.2) is 56.2 Å². The van der Waals surface area contributed by atoms with E-state index in [1.165, 1.54) is 11.1 Å². The summed E-state index contributed by atoms with van der Waals surface area (Å²) in [5, 5.41) is 0. The minimum Gasteiger partial charge on any atom is -0.497 e. The van der Waals surface area contributed by atoms with E-state index in [0.717, 1.165) is 70.2 Å². The Kier molecular flexibility index (Phi) is 6.52. The highest BCUT2D eigenvalue weighted by atomic mass is 32.2. The van der Waals surface area contributed by atoms with Gasteiger partial charge < -0.3 is 4.74 Å². The summed E-state index contributed by atoms with van der Waals surface area (Å²) in [5.41, 5.74) is 2.75. The summed E-state index contributed by atoms with van der Waals surface area (Å²) in [6.07, 6.45) is 8.21. The topological polar surface area (TPSA) is 49.9 Å². The molecule has 0 amide bonds. The first-order valence-corrected chi connectivity index (χ1v) is 13.0. The van der Waals surface area contributed by atoms with E-state index in [0.29, 0.717) is 24.3 Å². The largest absolute Gasteiger partial charge is 0.497 e. The monoisotopic (exact) mass is 420 g/mol. The molecule has 3 heterocycles. The zero-order valence-electron chi connectivity index (χ0n) is 18.0. The fourth-order valence-electron chi connectivity index (χ4n) is 5.69. The van der Waals surface area contributed by atoms with Crippen molar-refractivity contribution in [1.29, 1.82) is 0 Å². The van der Waals surface area contributed by atoms with Crippen LogP contribution in [0, 0.1) is 5.92 Å². The first-order valence-electron chi connectivity index (χ1n) is 11.4. The Morgan fingerprint density at radius 1 is 1.17 bits per heavy atom. The molecule has 0 saturated carbocycles. The number of unbranched alkanes of at least 4 members (excludes halogenated alkanes) is 3. The van der Waals surface area contributed by atoms with Gasteiger partial charge in [0.15, 0.2) is 0 Å². The van der Waals surface area contributed by atoms with Gasteiger partial charge in [-0.3, -0.25) is 4.90 Å². The summed E-state index contributed by atoms with van der Waals surface area (Å²) in [6.45, 7) is 4.97. The Bertz CT molecular complexity index is 810. The Morgan fingerprint density at radius 3 is 2.83 bits per heavy atom. The third-order valence-corrected chi connectivity index (χ3v) is 9.21. The zero-order valence-corrected chi connectivity index (χ0v) is 18.8. The van der Waals surface area contributed by atoms with E-state index in [-0.39, 0.29) is 6.04 Å². The van der Waals surface area contributed by atoms with Crippen LogP contribution in [0.2, 0.25) is 0 Å². The third-order valence-electron chi connectivity index (χ3n) is 7.23. The summed E-state index contributed by atoms with van der Waals surface area (Å²) in [4.78, 5) is 2.60. The van der Waals surface area contributed by atoms with Gasteiger partial charge in [0.2, 0.25) is 10.0 Å². The quantitative estimate of drug-likeness (QED) is 0.626. The second kappa shape index (κ2) is 8.94. The van der Waals surface area contributed by atoms with Gasteiger partial charge in [-0.25, -0.2) is 8.42 Å². The van der Waals surface area contributed by atoms with Crippen molar-refractivity contribution in [2.45, 2.75) is 70.4 Å². The maximum atomic E-state index is 13.2. The van der Waals surface area contributed by atoms with Crippen molar-refractivity contribution in [3.8, 4) is 5.75 Å². The molecule has 0 unspecified atom stereocenters. The fraction of sp³-hybridized carbons (Fsp3) is 0.739. The van der Waals surface area contributed by atoms with Crippen LogP contribution >= 0.6 is 0 Å². The van der Waals surface area contributed by atoms with Gasteiger partial charge >= 0.3 is 0 Å². The van der Waals surface area contributed by atoms with Gasteiger partial charge in [0.25, 0.3) is 0 Å². The van der Waals surface area contributed by atoms with Crippen LogP contribution in [0.25, 0.3) is 0 Å². The summed E-state index contributed by atoms with van der Waals surface area (Å²) >= 11 is 0. The van der Waals surface area contributed by atoms with Crippen LogP contribution in [0.5, 0.6) is 5.75 Å². The van der Waals surface area contributed by atoms with E-state index in [1.54, 1.807) is 7.11 Å². The first kappa shape index (κ1) is 21.1. The van der Waals surface area contributed by atoms with E-state index in [1.807, 2.05) is 4.31 Å². The molecule has 0 radical (unpaired) electrons. The predicted octanol–water partition coefficient (Wildman–Crippen LogP) is 3.99. The molecule has 1 aromatic carbocycles. The molecule has 29 heavy (non-hydrogen) atoms. The number of ether oxygens (including phenoxy) is 1. The van der Waals surface area contributed by atoms with Crippen molar-refractivity contribution in [3.63, 3.8) is 0 Å². The summed E-state index contributed by atoms with van der Waals surface area (Å²) in [5.74, 6) is 1.71. The molecule has 3 atom stereocenters. The molecule has 0 aromatic heterocycles. The lowest BCUT2D eigenvalue weighted by Gasteiger charge is -2.51. The van der Waals surface area contributed by atoms with Gasteiger partial charge in [0, 0.05) is 31.7 Å². The Hall–Kier alpha value is -1.11. The summed E-state index contributed by atoms with van der Waals surface area (Å²) < 4.78 is 33.7. The maximum absolute atomic E-state index is 13.2. The molecule has 3 aliphatic rings. The molecule has 0 aliphatic carbocycles. The van der Waals surface area contributed by atoms with Gasteiger partial charge in [-0.05, 0) is 61.3 Å². The minimum atomic E-state index is -3.17. The smallest absolute Gasteiger partial charge is 0.214 e. The van der Waals surface area contributed by atoms with Crippen molar-refractivity contribution in [1.82, 2.24) is 9.21 Å². The highest BCUT2D eigenvalue weighted by molar-refractivity contribution is 7.89. The van der Waals surface area contributed by atoms with Crippen LogP contribution in [0.4, 0.5) is 0 Å². The number of rotatable bonds is 7. The van der Waals surface area contributed by atoms with E-state index in [4.69, 9.17) is 4.74 Å². The van der Waals surface area contributed by atoms with Gasteiger partial charge in [-0.2, -0.15) is 4.31 Å². The average molecular weight is 421 g/mol. The van der Waals surface area contributed by atoms with Crippen LogP contribution in [0.15, 0.2) is 18.2 Å². The van der Waals surface area contributed by atoms with E-state index in [9.17, 15) is 8.42 Å². The number of methoxy groups -OCH3 is 1. The molecule has 4 rings (SSSR count). The number of hydrogen-bond donors (Lipinski definition) is 0. The summed E-state index contributed by atoms with van der Waals surface area (Å²) in [7, 11) is -1.45. The molecular weight excluding hydrogens is 384 g/mol. The molecule has 1 aromatic rings. The van der Waals surface area contributed by atoms with E-state index < -0.39 is 10.0 Å². The van der Waals surface area contributed by atoms with Crippen LogP contribution in [-0.2, 0) is 16.4 Å². The maximum Gasteiger partial charge on any atom is 0.214 e. The molecule has 6 heteroatoms. The molecule has 2 fully saturated rings. The highest BCUT2D eigenvalue weighted by Gasteiger charge is 2.45.